The first-order chi connectivity index (χ1) is 16.8. The molecule has 186 valence electrons. The van der Waals surface area contributed by atoms with Crippen LogP contribution in [-0.2, 0) is 14.3 Å². The van der Waals surface area contributed by atoms with Crippen LogP contribution in [0.4, 0.5) is 4.79 Å². The van der Waals surface area contributed by atoms with E-state index in [0.717, 1.165) is 41.5 Å². The van der Waals surface area contributed by atoms with E-state index in [1.807, 2.05) is 38.1 Å². The van der Waals surface area contributed by atoms with Gasteiger partial charge in [-0.05, 0) is 41.0 Å². The number of alkyl carbamates (subject to hydrolysis) is 1. The van der Waals surface area contributed by atoms with Gasteiger partial charge in [-0.1, -0.05) is 81.6 Å². The maximum absolute atomic E-state index is 13.6. The Morgan fingerprint density at radius 1 is 1.00 bits per heavy atom. The van der Waals surface area contributed by atoms with Gasteiger partial charge >= 0.3 is 12.1 Å². The second-order valence-corrected chi connectivity index (χ2v) is 10.1. The van der Waals surface area contributed by atoms with E-state index in [1.165, 1.54) is 4.90 Å². The molecule has 2 N–H and O–H groups in total. The predicted octanol–water partition coefficient (Wildman–Crippen LogP) is 4.80. The SMILES string of the molecule is CC(C)CN(CC(=O)O)C(=O)C1(NC(=O)OCC2c3ccccc3-c3ccccc32)CCCCC1. The average molecular weight is 479 g/mol. The van der Waals surface area contributed by atoms with E-state index >= 15 is 0 Å². The van der Waals surface area contributed by atoms with Crippen molar-refractivity contribution in [2.24, 2.45) is 5.92 Å². The lowest BCUT2D eigenvalue weighted by Crippen LogP contribution is -2.61. The normalized spacial score (nSPS) is 16.3. The van der Waals surface area contributed by atoms with Crippen molar-refractivity contribution >= 4 is 18.0 Å². The van der Waals surface area contributed by atoms with Crippen LogP contribution in [0, 0.1) is 5.92 Å². The molecule has 0 radical (unpaired) electrons. The minimum atomic E-state index is -1.13. The molecular weight excluding hydrogens is 444 g/mol. The summed E-state index contributed by atoms with van der Waals surface area (Å²) in [5, 5.41) is 12.3. The molecule has 1 saturated carbocycles. The number of carbonyl (C=O) groups excluding carboxylic acids is 2. The summed E-state index contributed by atoms with van der Waals surface area (Å²) in [5.41, 5.74) is 3.40. The van der Waals surface area contributed by atoms with Gasteiger partial charge in [-0.15, -0.1) is 0 Å². The number of nitrogens with one attached hydrogen (secondary N) is 1. The molecule has 7 nitrogen and oxygen atoms in total. The smallest absolute Gasteiger partial charge is 0.408 e. The van der Waals surface area contributed by atoms with Crippen molar-refractivity contribution in [2.45, 2.75) is 57.4 Å². The highest BCUT2D eigenvalue weighted by Crippen LogP contribution is 2.44. The fourth-order valence-electron chi connectivity index (χ4n) is 5.50. The third-order valence-corrected chi connectivity index (χ3v) is 7.00. The van der Waals surface area contributed by atoms with Crippen LogP contribution < -0.4 is 5.32 Å². The zero-order valence-corrected chi connectivity index (χ0v) is 20.5. The summed E-state index contributed by atoms with van der Waals surface area (Å²) >= 11 is 0. The number of carbonyl (C=O) groups is 3. The Morgan fingerprint density at radius 3 is 2.11 bits per heavy atom. The van der Waals surface area contributed by atoms with Gasteiger partial charge in [0.1, 0.15) is 18.7 Å². The topological polar surface area (TPSA) is 95.9 Å². The third kappa shape index (κ3) is 5.34. The first kappa shape index (κ1) is 24.8. The molecule has 0 heterocycles. The standard InChI is InChI=1S/C28H34N2O5/c1-19(2)16-30(17-25(31)32)26(33)28(14-8-3-9-15-28)29-27(34)35-18-24-22-12-6-4-10-20(22)21-11-5-7-13-23(21)24/h4-7,10-13,19,24H,3,8-9,14-18H2,1-2H3,(H,29,34)(H,31,32). The van der Waals surface area contributed by atoms with Gasteiger partial charge in [-0.25, -0.2) is 4.79 Å². The number of hydrogen-bond donors (Lipinski definition) is 2. The molecule has 2 aromatic carbocycles. The maximum Gasteiger partial charge on any atom is 0.408 e. The monoisotopic (exact) mass is 478 g/mol. The Bertz CT molecular complexity index is 1040. The van der Waals surface area contributed by atoms with E-state index in [0.29, 0.717) is 19.4 Å². The molecular formula is C28H34N2O5. The van der Waals surface area contributed by atoms with Crippen LogP contribution in [0.2, 0.25) is 0 Å². The molecule has 2 amide bonds. The molecule has 7 heteroatoms. The molecule has 2 aliphatic carbocycles. The Hall–Kier alpha value is -3.35. The number of amides is 2. The summed E-state index contributed by atoms with van der Waals surface area (Å²) in [4.78, 5) is 39.5. The second kappa shape index (κ2) is 10.5. The van der Waals surface area contributed by atoms with Crippen LogP contribution in [0.25, 0.3) is 11.1 Å². The van der Waals surface area contributed by atoms with Gasteiger partial charge < -0.3 is 20.1 Å². The summed E-state index contributed by atoms with van der Waals surface area (Å²) in [5.74, 6) is -1.36. The summed E-state index contributed by atoms with van der Waals surface area (Å²) in [7, 11) is 0. The number of nitrogens with zero attached hydrogens (tertiary/aromatic N) is 1. The molecule has 0 spiro atoms. The van der Waals surface area contributed by atoms with Gasteiger partial charge in [0.2, 0.25) is 5.91 Å². The zero-order chi connectivity index (χ0) is 25.0. The summed E-state index contributed by atoms with van der Waals surface area (Å²) in [6.07, 6.45) is 2.87. The minimum Gasteiger partial charge on any atom is -0.480 e. The number of aliphatic carboxylic acids is 1. The number of ether oxygens (including phenoxy) is 1. The fourth-order valence-corrected chi connectivity index (χ4v) is 5.50. The van der Waals surface area contributed by atoms with E-state index in [1.54, 1.807) is 0 Å². The van der Waals surface area contributed by atoms with E-state index in [4.69, 9.17) is 4.74 Å². The number of carboxylic acids is 1. The molecule has 1 fully saturated rings. The van der Waals surface area contributed by atoms with Crippen molar-refractivity contribution in [1.29, 1.82) is 0 Å². The van der Waals surface area contributed by atoms with Crippen molar-refractivity contribution < 1.29 is 24.2 Å². The van der Waals surface area contributed by atoms with Crippen LogP contribution in [0.1, 0.15) is 63.0 Å². The van der Waals surface area contributed by atoms with E-state index in [2.05, 4.69) is 29.6 Å². The zero-order valence-electron chi connectivity index (χ0n) is 20.5. The summed E-state index contributed by atoms with van der Waals surface area (Å²) in [6, 6.07) is 16.3. The maximum atomic E-state index is 13.6. The van der Waals surface area contributed by atoms with Crippen molar-refractivity contribution in [3.8, 4) is 11.1 Å². The van der Waals surface area contributed by atoms with Gasteiger partial charge in [0.15, 0.2) is 0 Å². The molecule has 0 saturated heterocycles. The molecule has 2 aliphatic rings. The Labute approximate surface area is 206 Å². The van der Waals surface area contributed by atoms with Crippen LogP contribution in [0.3, 0.4) is 0 Å². The van der Waals surface area contributed by atoms with Gasteiger partial charge in [0, 0.05) is 12.5 Å². The van der Waals surface area contributed by atoms with Crippen molar-refractivity contribution in [3.63, 3.8) is 0 Å². The quantitative estimate of drug-likeness (QED) is 0.568. The highest BCUT2D eigenvalue weighted by Gasteiger charge is 2.44. The van der Waals surface area contributed by atoms with Gasteiger partial charge in [0.05, 0.1) is 0 Å². The molecule has 35 heavy (non-hydrogen) atoms. The molecule has 0 aliphatic heterocycles. The molecule has 0 unspecified atom stereocenters. The number of fused-ring (bicyclic) bond motifs is 3. The molecule has 0 bridgehead atoms. The average Bonchev–Trinajstić information content (AvgIpc) is 3.15. The van der Waals surface area contributed by atoms with E-state index in [-0.39, 0.29) is 30.9 Å². The minimum absolute atomic E-state index is 0.0735. The highest BCUT2D eigenvalue weighted by atomic mass is 16.5. The highest BCUT2D eigenvalue weighted by molar-refractivity contribution is 5.92. The van der Waals surface area contributed by atoms with Crippen molar-refractivity contribution in [1.82, 2.24) is 10.2 Å². The lowest BCUT2D eigenvalue weighted by molar-refractivity contribution is -0.148. The van der Waals surface area contributed by atoms with Crippen LogP contribution >= 0.6 is 0 Å². The van der Waals surface area contributed by atoms with Gasteiger partial charge in [0.25, 0.3) is 0 Å². The number of carboxylic acid groups (broad SMARTS) is 1. The first-order valence-electron chi connectivity index (χ1n) is 12.4. The molecule has 0 aromatic heterocycles. The Morgan fingerprint density at radius 2 is 1.57 bits per heavy atom. The van der Waals surface area contributed by atoms with Crippen LogP contribution in [-0.4, -0.2) is 53.2 Å². The van der Waals surface area contributed by atoms with Crippen molar-refractivity contribution in [3.05, 3.63) is 59.7 Å². The molecule has 0 atom stereocenters. The van der Waals surface area contributed by atoms with Gasteiger partial charge in [-0.2, -0.15) is 0 Å². The first-order valence-corrected chi connectivity index (χ1v) is 12.4. The fraction of sp³-hybridized carbons (Fsp3) is 0.464. The van der Waals surface area contributed by atoms with E-state index in [9.17, 15) is 19.5 Å². The number of benzene rings is 2. The number of rotatable bonds is 8. The van der Waals surface area contributed by atoms with Crippen LogP contribution in [0.5, 0.6) is 0 Å². The molecule has 2 aromatic rings. The molecule has 4 rings (SSSR count). The van der Waals surface area contributed by atoms with E-state index < -0.39 is 17.6 Å². The predicted molar refractivity (Wildman–Crippen MR) is 133 cm³/mol. The third-order valence-electron chi connectivity index (χ3n) is 7.00. The van der Waals surface area contributed by atoms with Crippen molar-refractivity contribution in [2.75, 3.05) is 19.7 Å². The Kier molecular flexibility index (Phi) is 7.43. The largest absolute Gasteiger partial charge is 0.480 e. The lowest BCUT2D eigenvalue weighted by atomic mass is 9.80. The Balaban J connectivity index is 1.50. The van der Waals surface area contributed by atoms with Gasteiger partial charge in [-0.3, -0.25) is 9.59 Å². The lowest BCUT2D eigenvalue weighted by Gasteiger charge is -2.40. The number of hydrogen-bond acceptors (Lipinski definition) is 4. The summed E-state index contributed by atoms with van der Waals surface area (Å²) < 4.78 is 5.72. The van der Waals surface area contributed by atoms with Crippen LogP contribution in [0.15, 0.2) is 48.5 Å². The summed E-state index contributed by atoms with van der Waals surface area (Å²) in [6.45, 7) is 3.97. The second-order valence-electron chi connectivity index (χ2n) is 10.1.